The standard InChI is InChI=1S/C17H23F2NO2/c1-2-3-4-16(14-6-5-13(18)11-15(14)19)20-9-7-12(8-10-20)17(21)22/h5-6,11-12,16H,2-4,7-10H2,1H3,(H,21,22). The van der Waals surface area contributed by atoms with Gasteiger partial charge in [0, 0.05) is 17.7 Å². The van der Waals surface area contributed by atoms with Gasteiger partial charge < -0.3 is 5.11 Å². The predicted molar refractivity (Wildman–Crippen MR) is 80.6 cm³/mol. The van der Waals surface area contributed by atoms with Crippen LogP contribution in [0.4, 0.5) is 8.78 Å². The smallest absolute Gasteiger partial charge is 0.306 e. The maximum Gasteiger partial charge on any atom is 0.306 e. The van der Waals surface area contributed by atoms with Crippen molar-refractivity contribution in [2.45, 2.75) is 45.1 Å². The molecule has 1 aromatic carbocycles. The van der Waals surface area contributed by atoms with Gasteiger partial charge in [-0.3, -0.25) is 9.69 Å². The Hall–Kier alpha value is -1.49. The van der Waals surface area contributed by atoms with Crippen molar-refractivity contribution >= 4 is 5.97 Å². The number of rotatable bonds is 6. The van der Waals surface area contributed by atoms with Crippen LogP contribution in [-0.4, -0.2) is 29.1 Å². The lowest BCUT2D eigenvalue weighted by molar-refractivity contribution is -0.143. The SMILES string of the molecule is CCCCC(c1ccc(F)cc1F)N1CCC(C(=O)O)CC1. The van der Waals surface area contributed by atoms with Crippen molar-refractivity contribution in [2.75, 3.05) is 13.1 Å². The van der Waals surface area contributed by atoms with Crippen LogP contribution in [0.25, 0.3) is 0 Å². The molecule has 0 saturated carbocycles. The van der Waals surface area contributed by atoms with Gasteiger partial charge >= 0.3 is 5.97 Å². The molecule has 2 rings (SSSR count). The zero-order valence-corrected chi connectivity index (χ0v) is 12.9. The highest BCUT2D eigenvalue weighted by Crippen LogP contribution is 2.32. The van der Waals surface area contributed by atoms with E-state index >= 15 is 0 Å². The number of aliphatic carboxylic acids is 1. The number of halogens is 2. The molecule has 0 spiro atoms. The van der Waals surface area contributed by atoms with Crippen LogP contribution in [0.3, 0.4) is 0 Å². The number of carbonyl (C=O) groups is 1. The van der Waals surface area contributed by atoms with E-state index in [9.17, 15) is 13.6 Å². The first-order valence-corrected chi connectivity index (χ1v) is 7.94. The summed E-state index contributed by atoms with van der Waals surface area (Å²) in [6.07, 6.45) is 3.93. The van der Waals surface area contributed by atoms with Crippen molar-refractivity contribution < 1.29 is 18.7 Å². The van der Waals surface area contributed by atoms with Gasteiger partial charge in [-0.15, -0.1) is 0 Å². The van der Waals surface area contributed by atoms with E-state index in [0.29, 0.717) is 31.5 Å². The van der Waals surface area contributed by atoms with Gasteiger partial charge in [0.1, 0.15) is 11.6 Å². The number of carboxylic acids is 1. The molecule has 1 fully saturated rings. The summed E-state index contributed by atoms with van der Waals surface area (Å²) in [6.45, 7) is 3.36. The van der Waals surface area contributed by atoms with Gasteiger partial charge in [0.15, 0.2) is 0 Å². The molecule has 0 bridgehead atoms. The van der Waals surface area contributed by atoms with Crippen LogP contribution < -0.4 is 0 Å². The van der Waals surface area contributed by atoms with Gasteiger partial charge in [0.25, 0.3) is 0 Å². The fourth-order valence-electron chi connectivity index (χ4n) is 3.16. The lowest BCUT2D eigenvalue weighted by Crippen LogP contribution is -2.39. The lowest BCUT2D eigenvalue weighted by Gasteiger charge is -2.37. The highest BCUT2D eigenvalue weighted by atomic mass is 19.1. The maximum atomic E-state index is 14.1. The molecule has 1 aliphatic rings. The molecule has 3 nitrogen and oxygen atoms in total. The maximum absolute atomic E-state index is 14.1. The van der Waals surface area contributed by atoms with Crippen molar-refractivity contribution in [3.63, 3.8) is 0 Å². The zero-order valence-electron chi connectivity index (χ0n) is 12.9. The van der Waals surface area contributed by atoms with Crippen LogP contribution >= 0.6 is 0 Å². The molecule has 0 aromatic heterocycles. The summed E-state index contributed by atoms with van der Waals surface area (Å²) in [5.74, 6) is -2.14. The molecule has 0 radical (unpaired) electrons. The first kappa shape index (κ1) is 16.9. The van der Waals surface area contributed by atoms with Gasteiger partial charge in [-0.25, -0.2) is 8.78 Å². The van der Waals surface area contributed by atoms with Crippen molar-refractivity contribution in [1.29, 1.82) is 0 Å². The van der Waals surface area contributed by atoms with Gasteiger partial charge in [-0.2, -0.15) is 0 Å². The minimum atomic E-state index is -0.752. The molecule has 1 N–H and O–H groups in total. The molecule has 1 aliphatic heterocycles. The van der Waals surface area contributed by atoms with E-state index in [1.54, 1.807) is 0 Å². The first-order chi connectivity index (χ1) is 10.5. The summed E-state index contributed by atoms with van der Waals surface area (Å²) in [5.41, 5.74) is 0.517. The van der Waals surface area contributed by atoms with E-state index in [-0.39, 0.29) is 12.0 Å². The molecule has 122 valence electrons. The average Bonchev–Trinajstić information content (AvgIpc) is 2.49. The van der Waals surface area contributed by atoms with E-state index in [4.69, 9.17) is 5.11 Å². The Morgan fingerprint density at radius 3 is 2.59 bits per heavy atom. The molecule has 1 atom stereocenters. The van der Waals surface area contributed by atoms with Gasteiger partial charge in [0.05, 0.1) is 5.92 Å². The quantitative estimate of drug-likeness (QED) is 0.863. The molecule has 0 amide bonds. The number of piperidine rings is 1. The molecule has 1 saturated heterocycles. The van der Waals surface area contributed by atoms with Gasteiger partial charge in [-0.05, 0) is 38.4 Å². The van der Waals surface area contributed by atoms with E-state index in [0.717, 1.165) is 25.3 Å². The second-order valence-corrected chi connectivity index (χ2v) is 5.97. The van der Waals surface area contributed by atoms with Gasteiger partial charge in [0.2, 0.25) is 0 Å². The Morgan fingerprint density at radius 1 is 1.36 bits per heavy atom. The molecule has 1 aromatic rings. The average molecular weight is 311 g/mol. The number of hydrogen-bond acceptors (Lipinski definition) is 2. The molecular weight excluding hydrogens is 288 g/mol. The third kappa shape index (κ3) is 4.03. The summed E-state index contributed by atoms with van der Waals surface area (Å²) in [7, 11) is 0. The fourth-order valence-corrected chi connectivity index (χ4v) is 3.16. The second kappa shape index (κ2) is 7.68. The Labute approximate surface area is 129 Å². The monoisotopic (exact) mass is 311 g/mol. The summed E-state index contributed by atoms with van der Waals surface area (Å²) in [6, 6.07) is 3.64. The summed E-state index contributed by atoms with van der Waals surface area (Å²) >= 11 is 0. The Kier molecular flexibility index (Phi) is 5.89. The van der Waals surface area contributed by atoms with Crippen molar-refractivity contribution in [3.05, 3.63) is 35.4 Å². The van der Waals surface area contributed by atoms with E-state index in [1.165, 1.54) is 12.1 Å². The summed E-state index contributed by atoms with van der Waals surface area (Å²) in [4.78, 5) is 13.2. The van der Waals surface area contributed by atoms with E-state index < -0.39 is 17.6 Å². The van der Waals surface area contributed by atoms with Crippen molar-refractivity contribution in [1.82, 2.24) is 4.90 Å². The third-order valence-electron chi connectivity index (χ3n) is 4.47. The highest BCUT2D eigenvalue weighted by Gasteiger charge is 2.30. The summed E-state index contributed by atoms with van der Waals surface area (Å²) < 4.78 is 27.3. The van der Waals surface area contributed by atoms with Crippen molar-refractivity contribution in [3.8, 4) is 0 Å². The number of unbranched alkanes of at least 4 members (excludes halogenated alkanes) is 1. The second-order valence-electron chi connectivity index (χ2n) is 5.97. The molecule has 5 heteroatoms. The zero-order chi connectivity index (χ0) is 16.1. The van der Waals surface area contributed by atoms with Crippen LogP contribution in [0.5, 0.6) is 0 Å². The Balaban J connectivity index is 2.14. The number of hydrogen-bond donors (Lipinski definition) is 1. The first-order valence-electron chi connectivity index (χ1n) is 7.94. The van der Waals surface area contributed by atoms with Crippen molar-refractivity contribution in [2.24, 2.45) is 5.92 Å². The van der Waals surface area contributed by atoms with Crippen LogP contribution in [0.2, 0.25) is 0 Å². The van der Waals surface area contributed by atoms with Gasteiger partial charge in [-0.1, -0.05) is 25.8 Å². The predicted octanol–water partition coefficient (Wildman–Crippen LogP) is 3.99. The van der Waals surface area contributed by atoms with E-state index in [1.807, 2.05) is 0 Å². The number of nitrogens with zero attached hydrogens (tertiary/aromatic N) is 1. The number of benzene rings is 1. The fraction of sp³-hybridized carbons (Fsp3) is 0.588. The normalized spacial score (nSPS) is 18.3. The minimum absolute atomic E-state index is 0.102. The number of carboxylic acid groups (broad SMARTS) is 1. The van der Waals surface area contributed by atoms with E-state index in [2.05, 4.69) is 11.8 Å². The Bertz CT molecular complexity index is 513. The Morgan fingerprint density at radius 2 is 2.05 bits per heavy atom. The minimum Gasteiger partial charge on any atom is -0.481 e. The number of likely N-dealkylation sites (tertiary alicyclic amines) is 1. The molecule has 1 unspecified atom stereocenters. The van der Waals surface area contributed by atoms with Crippen LogP contribution in [0.15, 0.2) is 18.2 Å². The lowest BCUT2D eigenvalue weighted by atomic mass is 9.92. The molecular formula is C17H23F2NO2. The van der Waals surface area contributed by atoms with Crippen LogP contribution in [0, 0.1) is 17.6 Å². The van der Waals surface area contributed by atoms with Crippen LogP contribution in [0.1, 0.15) is 50.6 Å². The largest absolute Gasteiger partial charge is 0.481 e. The highest BCUT2D eigenvalue weighted by molar-refractivity contribution is 5.70. The molecule has 1 heterocycles. The third-order valence-corrected chi connectivity index (χ3v) is 4.47. The molecule has 0 aliphatic carbocycles. The van der Waals surface area contributed by atoms with Crippen LogP contribution in [-0.2, 0) is 4.79 Å². The molecule has 22 heavy (non-hydrogen) atoms. The topological polar surface area (TPSA) is 40.5 Å². The summed E-state index contributed by atoms with van der Waals surface area (Å²) in [5, 5.41) is 9.08.